The largest absolute Gasteiger partial charge is 0.481 e. The Kier molecular flexibility index (Phi) is 5.50. The fraction of sp³-hybridized carbons (Fsp3) is 0.583. The molecule has 1 unspecified atom stereocenters. The van der Waals surface area contributed by atoms with E-state index < -0.39 is 12.1 Å². The van der Waals surface area contributed by atoms with Crippen LogP contribution in [0.3, 0.4) is 0 Å². The van der Waals surface area contributed by atoms with E-state index in [1.165, 1.54) is 13.2 Å². The summed E-state index contributed by atoms with van der Waals surface area (Å²) in [6, 6.07) is 1.33. The number of aliphatic carboxylic acids is 1. The zero-order valence-electron chi connectivity index (χ0n) is 11.3. The Balaban J connectivity index is 2.71. The number of nitrogens with one attached hydrogen (secondary N) is 2. The van der Waals surface area contributed by atoms with Crippen molar-refractivity contribution in [3.63, 3.8) is 0 Å². The molecule has 1 heterocycles. The number of anilines is 1. The predicted molar refractivity (Wildman–Crippen MR) is 70.5 cm³/mol. The van der Waals surface area contributed by atoms with Gasteiger partial charge in [0.2, 0.25) is 0 Å². The monoisotopic (exact) mass is 269 g/mol. The van der Waals surface area contributed by atoms with Crippen molar-refractivity contribution in [3.05, 3.63) is 22.2 Å². The van der Waals surface area contributed by atoms with Gasteiger partial charge in [-0.15, -0.1) is 0 Å². The molecule has 1 atom stereocenters. The average molecular weight is 269 g/mol. The fourth-order valence-electron chi connectivity index (χ4n) is 1.49. The van der Waals surface area contributed by atoms with Gasteiger partial charge in [0.25, 0.3) is 5.56 Å². The first-order chi connectivity index (χ1) is 8.92. The van der Waals surface area contributed by atoms with Crippen LogP contribution in [-0.2, 0) is 9.53 Å². The Morgan fingerprint density at radius 3 is 2.79 bits per heavy atom. The number of carbonyl (C=O) groups is 1. The van der Waals surface area contributed by atoms with E-state index in [0.29, 0.717) is 11.6 Å². The van der Waals surface area contributed by atoms with Crippen LogP contribution < -0.4 is 10.9 Å². The number of rotatable bonds is 7. The highest BCUT2D eigenvalue weighted by Crippen LogP contribution is 2.09. The molecule has 106 valence electrons. The van der Waals surface area contributed by atoms with Gasteiger partial charge in [-0.25, -0.2) is 4.98 Å². The van der Waals surface area contributed by atoms with Crippen molar-refractivity contribution in [1.29, 1.82) is 0 Å². The summed E-state index contributed by atoms with van der Waals surface area (Å²) in [6.07, 6.45) is -0.579. The lowest BCUT2D eigenvalue weighted by molar-refractivity contribution is -0.139. The van der Waals surface area contributed by atoms with E-state index in [-0.39, 0.29) is 24.4 Å². The minimum absolute atomic E-state index is 0.103. The van der Waals surface area contributed by atoms with Gasteiger partial charge in [0.1, 0.15) is 11.6 Å². The molecule has 0 aliphatic rings. The van der Waals surface area contributed by atoms with Crippen LogP contribution in [0.1, 0.15) is 32.0 Å². The molecule has 0 aliphatic heterocycles. The van der Waals surface area contributed by atoms with Crippen molar-refractivity contribution in [2.75, 3.05) is 19.0 Å². The molecule has 1 aromatic rings. The standard InChI is InChI=1S/C12H19N3O4/c1-7(2)12-14-9(5-10(16)15-12)13-6-8(19-3)4-11(17)18/h5,7-8H,4,6H2,1-3H3,(H,17,18)(H2,13,14,15,16). The van der Waals surface area contributed by atoms with Crippen LogP contribution in [0.25, 0.3) is 0 Å². The van der Waals surface area contributed by atoms with Gasteiger partial charge in [0.15, 0.2) is 0 Å². The molecule has 0 aromatic carbocycles. The summed E-state index contributed by atoms with van der Waals surface area (Å²) in [5.41, 5.74) is -0.242. The second-order valence-corrected chi connectivity index (χ2v) is 4.51. The number of carboxylic acid groups (broad SMARTS) is 1. The molecule has 0 spiro atoms. The smallest absolute Gasteiger partial charge is 0.306 e. The zero-order chi connectivity index (χ0) is 14.4. The van der Waals surface area contributed by atoms with E-state index in [2.05, 4.69) is 15.3 Å². The molecular weight excluding hydrogens is 250 g/mol. The van der Waals surface area contributed by atoms with Crippen LogP contribution in [-0.4, -0.2) is 40.8 Å². The quantitative estimate of drug-likeness (QED) is 0.676. The molecule has 1 aromatic heterocycles. The van der Waals surface area contributed by atoms with Gasteiger partial charge in [-0.3, -0.25) is 9.59 Å². The average Bonchev–Trinajstić information content (AvgIpc) is 2.33. The topological polar surface area (TPSA) is 104 Å². The Labute approximate surface area is 111 Å². The number of carboxylic acids is 1. The van der Waals surface area contributed by atoms with Gasteiger partial charge in [-0.05, 0) is 0 Å². The lowest BCUT2D eigenvalue weighted by Gasteiger charge is -2.15. The predicted octanol–water partition coefficient (Wildman–Crippen LogP) is 0.795. The van der Waals surface area contributed by atoms with Gasteiger partial charge < -0.3 is 20.1 Å². The molecule has 7 nitrogen and oxygen atoms in total. The molecule has 0 aliphatic carbocycles. The van der Waals surface area contributed by atoms with Gasteiger partial charge in [-0.1, -0.05) is 13.8 Å². The number of aromatic nitrogens is 2. The summed E-state index contributed by atoms with van der Waals surface area (Å²) >= 11 is 0. The van der Waals surface area contributed by atoms with Crippen LogP contribution in [0, 0.1) is 0 Å². The fourth-order valence-corrected chi connectivity index (χ4v) is 1.49. The Morgan fingerprint density at radius 2 is 2.26 bits per heavy atom. The van der Waals surface area contributed by atoms with Crippen LogP contribution in [0.15, 0.2) is 10.9 Å². The molecule has 0 radical (unpaired) electrons. The summed E-state index contributed by atoms with van der Waals surface area (Å²) < 4.78 is 5.03. The maximum Gasteiger partial charge on any atom is 0.306 e. The van der Waals surface area contributed by atoms with Crippen LogP contribution in [0.5, 0.6) is 0 Å². The lowest BCUT2D eigenvalue weighted by Crippen LogP contribution is -2.26. The second kappa shape index (κ2) is 6.89. The highest BCUT2D eigenvalue weighted by atomic mass is 16.5. The molecule has 3 N–H and O–H groups in total. The summed E-state index contributed by atoms with van der Waals surface area (Å²) in [4.78, 5) is 28.9. The maximum atomic E-state index is 11.4. The third kappa shape index (κ3) is 5.09. The number of hydrogen-bond acceptors (Lipinski definition) is 5. The van der Waals surface area contributed by atoms with E-state index in [1.54, 1.807) is 0 Å². The van der Waals surface area contributed by atoms with E-state index in [0.717, 1.165) is 0 Å². The zero-order valence-corrected chi connectivity index (χ0v) is 11.3. The molecule has 19 heavy (non-hydrogen) atoms. The molecule has 0 saturated carbocycles. The summed E-state index contributed by atoms with van der Waals surface area (Å²) in [6.45, 7) is 4.12. The highest BCUT2D eigenvalue weighted by molar-refractivity contribution is 5.67. The molecular formula is C12H19N3O4. The number of H-pyrrole nitrogens is 1. The third-order valence-electron chi connectivity index (χ3n) is 2.55. The number of aromatic amines is 1. The van der Waals surface area contributed by atoms with Crippen LogP contribution >= 0.6 is 0 Å². The van der Waals surface area contributed by atoms with Crippen molar-refractivity contribution in [3.8, 4) is 0 Å². The van der Waals surface area contributed by atoms with E-state index in [9.17, 15) is 9.59 Å². The first-order valence-corrected chi connectivity index (χ1v) is 6.02. The number of ether oxygens (including phenoxy) is 1. The van der Waals surface area contributed by atoms with E-state index >= 15 is 0 Å². The normalized spacial score (nSPS) is 12.4. The van der Waals surface area contributed by atoms with Crippen molar-refractivity contribution in [2.45, 2.75) is 32.3 Å². The van der Waals surface area contributed by atoms with Gasteiger partial charge >= 0.3 is 5.97 Å². The molecule has 0 amide bonds. The van der Waals surface area contributed by atoms with E-state index in [4.69, 9.17) is 9.84 Å². The third-order valence-corrected chi connectivity index (χ3v) is 2.55. The lowest BCUT2D eigenvalue weighted by atomic mass is 10.2. The first kappa shape index (κ1) is 15.2. The second-order valence-electron chi connectivity index (χ2n) is 4.51. The van der Waals surface area contributed by atoms with E-state index in [1.807, 2.05) is 13.8 Å². The summed E-state index contributed by atoms with van der Waals surface area (Å²) in [5.74, 6) is 0.171. The Hall–Kier alpha value is -1.89. The highest BCUT2D eigenvalue weighted by Gasteiger charge is 2.13. The van der Waals surface area contributed by atoms with Crippen LogP contribution in [0.4, 0.5) is 5.82 Å². The van der Waals surface area contributed by atoms with Gasteiger partial charge in [0, 0.05) is 25.6 Å². The molecule has 1 rings (SSSR count). The number of nitrogens with zero attached hydrogens (tertiary/aromatic N) is 1. The van der Waals surface area contributed by atoms with Crippen molar-refractivity contribution in [2.24, 2.45) is 0 Å². The molecule has 0 saturated heterocycles. The number of hydrogen-bond donors (Lipinski definition) is 3. The molecule has 7 heteroatoms. The summed E-state index contributed by atoms with van der Waals surface area (Å²) in [7, 11) is 1.44. The SMILES string of the molecule is COC(CNc1cc(=O)[nH]c(C(C)C)n1)CC(=O)O. The Bertz CT molecular complexity index is 484. The van der Waals surface area contributed by atoms with Crippen molar-refractivity contribution in [1.82, 2.24) is 9.97 Å². The Morgan fingerprint density at radius 1 is 1.58 bits per heavy atom. The molecule has 0 bridgehead atoms. The summed E-state index contributed by atoms with van der Waals surface area (Å²) in [5, 5.41) is 11.6. The van der Waals surface area contributed by atoms with Crippen molar-refractivity contribution >= 4 is 11.8 Å². The van der Waals surface area contributed by atoms with Gasteiger partial charge in [-0.2, -0.15) is 0 Å². The van der Waals surface area contributed by atoms with Gasteiger partial charge in [0.05, 0.1) is 12.5 Å². The first-order valence-electron chi connectivity index (χ1n) is 6.02. The van der Waals surface area contributed by atoms with Crippen LogP contribution in [0.2, 0.25) is 0 Å². The van der Waals surface area contributed by atoms with Crippen molar-refractivity contribution < 1.29 is 14.6 Å². The minimum atomic E-state index is -0.935. The minimum Gasteiger partial charge on any atom is -0.481 e. The number of methoxy groups -OCH3 is 1. The maximum absolute atomic E-state index is 11.4. The molecule has 0 fully saturated rings.